The maximum absolute atomic E-state index is 11.4. The molecular weight excluding hydrogens is 230 g/mol. The summed E-state index contributed by atoms with van der Waals surface area (Å²) in [6.45, 7) is 5.94. The summed E-state index contributed by atoms with van der Waals surface area (Å²) in [5, 5.41) is 6.75. The van der Waals surface area contributed by atoms with Crippen LogP contribution >= 0.6 is 0 Å². The molecule has 0 unspecified atom stereocenters. The van der Waals surface area contributed by atoms with Crippen LogP contribution in [0.2, 0.25) is 0 Å². The van der Waals surface area contributed by atoms with Crippen molar-refractivity contribution in [2.24, 2.45) is 0 Å². The van der Waals surface area contributed by atoms with Crippen LogP contribution in [0, 0.1) is 20.8 Å². The molecule has 2 rings (SSSR count). The molecule has 0 aliphatic rings. The number of pyridine rings is 1. The number of methoxy groups -OCH3 is 1. The number of rotatable bonds is 2. The standard InChI is InChI=1S/C13H15N3O2/c1-7-5-8(2)12(14-9(7)3)10-6-11(16-15-10)13(17)18-4/h5-6H,1-4H3,(H,15,16). The zero-order valence-corrected chi connectivity index (χ0v) is 10.9. The van der Waals surface area contributed by atoms with E-state index in [9.17, 15) is 4.79 Å². The lowest BCUT2D eigenvalue weighted by atomic mass is 10.1. The van der Waals surface area contributed by atoms with E-state index in [0.29, 0.717) is 11.4 Å². The number of aryl methyl sites for hydroxylation is 3. The number of H-pyrrole nitrogens is 1. The van der Waals surface area contributed by atoms with Crippen LogP contribution in [0.1, 0.15) is 27.3 Å². The average molecular weight is 245 g/mol. The minimum Gasteiger partial charge on any atom is -0.464 e. The normalized spacial score (nSPS) is 10.4. The van der Waals surface area contributed by atoms with E-state index >= 15 is 0 Å². The number of aromatic nitrogens is 3. The molecule has 2 aromatic heterocycles. The molecule has 5 nitrogen and oxygen atoms in total. The van der Waals surface area contributed by atoms with Crippen LogP contribution in [-0.2, 0) is 4.74 Å². The zero-order valence-electron chi connectivity index (χ0n) is 10.9. The second-order valence-electron chi connectivity index (χ2n) is 4.21. The molecule has 0 bridgehead atoms. The lowest BCUT2D eigenvalue weighted by Gasteiger charge is -2.05. The first-order valence-electron chi connectivity index (χ1n) is 5.62. The largest absolute Gasteiger partial charge is 0.464 e. The van der Waals surface area contributed by atoms with Crippen molar-refractivity contribution >= 4 is 5.97 Å². The Balaban J connectivity index is 2.46. The topological polar surface area (TPSA) is 67.9 Å². The molecule has 0 spiro atoms. The fourth-order valence-electron chi connectivity index (χ4n) is 1.76. The third-order valence-corrected chi connectivity index (χ3v) is 2.88. The molecule has 2 heterocycles. The van der Waals surface area contributed by atoms with Gasteiger partial charge in [0.25, 0.3) is 0 Å². The van der Waals surface area contributed by atoms with Crippen molar-refractivity contribution in [3.05, 3.63) is 34.6 Å². The van der Waals surface area contributed by atoms with Crippen molar-refractivity contribution < 1.29 is 9.53 Å². The van der Waals surface area contributed by atoms with E-state index in [2.05, 4.69) is 26.0 Å². The molecule has 0 aliphatic carbocycles. The van der Waals surface area contributed by atoms with Crippen molar-refractivity contribution in [3.8, 4) is 11.4 Å². The molecule has 94 valence electrons. The lowest BCUT2D eigenvalue weighted by Crippen LogP contribution is -2.00. The Morgan fingerprint density at radius 3 is 2.61 bits per heavy atom. The Kier molecular flexibility index (Phi) is 3.14. The molecule has 0 amide bonds. The molecule has 0 aromatic carbocycles. The average Bonchev–Trinajstić information content (AvgIpc) is 2.82. The van der Waals surface area contributed by atoms with E-state index in [1.807, 2.05) is 20.8 Å². The maximum atomic E-state index is 11.4. The number of nitrogens with zero attached hydrogens (tertiary/aromatic N) is 2. The summed E-state index contributed by atoms with van der Waals surface area (Å²) in [7, 11) is 1.34. The lowest BCUT2D eigenvalue weighted by molar-refractivity contribution is 0.0594. The van der Waals surface area contributed by atoms with E-state index in [-0.39, 0.29) is 0 Å². The summed E-state index contributed by atoms with van der Waals surface area (Å²) >= 11 is 0. The second kappa shape index (κ2) is 4.60. The molecule has 0 fully saturated rings. The van der Waals surface area contributed by atoms with Crippen LogP contribution < -0.4 is 0 Å². The van der Waals surface area contributed by atoms with Gasteiger partial charge in [-0.2, -0.15) is 5.10 Å². The molecule has 18 heavy (non-hydrogen) atoms. The zero-order chi connectivity index (χ0) is 13.3. The number of hydrogen-bond donors (Lipinski definition) is 1. The first kappa shape index (κ1) is 12.3. The SMILES string of the molecule is COC(=O)c1cc(-c2nc(C)c(C)cc2C)n[nH]1. The van der Waals surface area contributed by atoms with Gasteiger partial charge in [-0.05, 0) is 31.9 Å². The van der Waals surface area contributed by atoms with E-state index in [4.69, 9.17) is 0 Å². The molecule has 5 heteroatoms. The summed E-state index contributed by atoms with van der Waals surface area (Å²) in [5.41, 5.74) is 4.88. The molecule has 0 saturated heterocycles. The monoisotopic (exact) mass is 245 g/mol. The summed E-state index contributed by atoms with van der Waals surface area (Å²) in [4.78, 5) is 15.9. The molecule has 0 radical (unpaired) electrons. The van der Waals surface area contributed by atoms with Gasteiger partial charge in [0.15, 0.2) is 0 Å². The minimum atomic E-state index is -0.435. The summed E-state index contributed by atoms with van der Waals surface area (Å²) < 4.78 is 4.63. The van der Waals surface area contributed by atoms with Crippen molar-refractivity contribution in [3.63, 3.8) is 0 Å². The summed E-state index contributed by atoms with van der Waals surface area (Å²) in [6, 6.07) is 3.71. The Hall–Kier alpha value is -2.17. The van der Waals surface area contributed by atoms with Gasteiger partial charge in [0, 0.05) is 11.8 Å². The molecule has 0 atom stereocenters. The Labute approximate surface area is 105 Å². The highest BCUT2D eigenvalue weighted by molar-refractivity contribution is 5.88. The Morgan fingerprint density at radius 1 is 1.22 bits per heavy atom. The number of aromatic amines is 1. The van der Waals surface area contributed by atoms with Gasteiger partial charge in [0.05, 0.1) is 12.8 Å². The molecule has 0 aliphatic heterocycles. The van der Waals surface area contributed by atoms with Gasteiger partial charge in [0.2, 0.25) is 0 Å². The van der Waals surface area contributed by atoms with Gasteiger partial charge in [-0.15, -0.1) is 0 Å². The smallest absolute Gasteiger partial charge is 0.356 e. The van der Waals surface area contributed by atoms with E-state index < -0.39 is 5.97 Å². The third-order valence-electron chi connectivity index (χ3n) is 2.88. The van der Waals surface area contributed by atoms with Crippen molar-refractivity contribution in [2.45, 2.75) is 20.8 Å². The quantitative estimate of drug-likeness (QED) is 0.823. The maximum Gasteiger partial charge on any atom is 0.356 e. The van der Waals surface area contributed by atoms with Crippen LogP contribution in [0.5, 0.6) is 0 Å². The number of nitrogens with one attached hydrogen (secondary N) is 1. The van der Waals surface area contributed by atoms with Crippen LogP contribution in [0.3, 0.4) is 0 Å². The fourth-order valence-corrected chi connectivity index (χ4v) is 1.76. The van der Waals surface area contributed by atoms with Crippen molar-refractivity contribution in [2.75, 3.05) is 7.11 Å². The molecule has 2 aromatic rings. The first-order valence-corrected chi connectivity index (χ1v) is 5.62. The number of hydrogen-bond acceptors (Lipinski definition) is 4. The first-order chi connectivity index (χ1) is 8.52. The molecule has 0 saturated carbocycles. The minimum absolute atomic E-state index is 0.326. The van der Waals surface area contributed by atoms with Crippen LogP contribution in [0.25, 0.3) is 11.4 Å². The molecule has 1 N–H and O–H groups in total. The van der Waals surface area contributed by atoms with E-state index in [1.165, 1.54) is 7.11 Å². The van der Waals surface area contributed by atoms with Crippen molar-refractivity contribution in [1.29, 1.82) is 0 Å². The highest BCUT2D eigenvalue weighted by atomic mass is 16.5. The summed E-state index contributed by atoms with van der Waals surface area (Å²) in [6.07, 6.45) is 0. The highest BCUT2D eigenvalue weighted by Gasteiger charge is 2.14. The number of esters is 1. The van der Waals surface area contributed by atoms with E-state index in [1.54, 1.807) is 6.07 Å². The predicted octanol–water partition coefficient (Wildman–Crippen LogP) is 2.18. The van der Waals surface area contributed by atoms with Crippen LogP contribution in [-0.4, -0.2) is 28.3 Å². The van der Waals surface area contributed by atoms with Gasteiger partial charge >= 0.3 is 5.97 Å². The van der Waals surface area contributed by atoms with E-state index in [0.717, 1.165) is 22.5 Å². The van der Waals surface area contributed by atoms with Gasteiger partial charge in [-0.3, -0.25) is 10.1 Å². The van der Waals surface area contributed by atoms with Gasteiger partial charge in [-0.1, -0.05) is 6.07 Å². The van der Waals surface area contributed by atoms with Crippen LogP contribution in [0.4, 0.5) is 0 Å². The van der Waals surface area contributed by atoms with Crippen molar-refractivity contribution in [1.82, 2.24) is 15.2 Å². The van der Waals surface area contributed by atoms with Gasteiger partial charge in [0.1, 0.15) is 11.4 Å². The van der Waals surface area contributed by atoms with Crippen LogP contribution in [0.15, 0.2) is 12.1 Å². The Bertz CT molecular complexity index is 602. The highest BCUT2D eigenvalue weighted by Crippen LogP contribution is 2.22. The van der Waals surface area contributed by atoms with Gasteiger partial charge < -0.3 is 4.74 Å². The number of ether oxygens (including phenoxy) is 1. The predicted molar refractivity (Wildman–Crippen MR) is 67.4 cm³/mol. The van der Waals surface area contributed by atoms with Gasteiger partial charge in [-0.25, -0.2) is 4.79 Å². The third kappa shape index (κ3) is 2.11. The number of carbonyl (C=O) groups is 1. The number of carbonyl (C=O) groups excluding carboxylic acids is 1. The second-order valence-corrected chi connectivity index (χ2v) is 4.21. The summed E-state index contributed by atoms with van der Waals surface area (Å²) in [5.74, 6) is -0.435. The fraction of sp³-hybridized carbons (Fsp3) is 0.308. The molecular formula is C13H15N3O2. The Morgan fingerprint density at radius 2 is 1.94 bits per heavy atom.